The fraction of sp³-hybridized carbons (Fsp3) is 0.375. The number of rotatable bonds is 6. The van der Waals surface area contributed by atoms with E-state index in [0.29, 0.717) is 28.5 Å². The Morgan fingerprint density at radius 2 is 2.00 bits per heavy atom. The van der Waals surface area contributed by atoms with Gasteiger partial charge in [-0.2, -0.15) is 0 Å². The summed E-state index contributed by atoms with van der Waals surface area (Å²) in [5, 5.41) is 10.7. The van der Waals surface area contributed by atoms with E-state index in [0.717, 1.165) is 25.2 Å². The second-order valence-electron chi connectivity index (χ2n) is 4.74. The van der Waals surface area contributed by atoms with Crippen LogP contribution in [0.2, 0.25) is 5.02 Å². The highest BCUT2D eigenvalue weighted by Gasteiger charge is 2.20. The Hall–Kier alpha value is -2.01. The number of aryl methyl sites for hydroxylation is 1. The summed E-state index contributed by atoms with van der Waals surface area (Å²) in [5.41, 5.74) is 1.59. The lowest BCUT2D eigenvalue weighted by Crippen LogP contribution is -2.13. The van der Waals surface area contributed by atoms with Crippen molar-refractivity contribution < 1.29 is 24.2 Å². The summed E-state index contributed by atoms with van der Waals surface area (Å²) in [6.45, 7) is 5.89. The summed E-state index contributed by atoms with van der Waals surface area (Å²) in [6, 6.07) is 1.72. The SMILES string of the molecule is CCCOc1c(C)cc(Cl)c(C)c1/C(O)=C/C(=O)C(=O)OC. The van der Waals surface area contributed by atoms with Crippen molar-refractivity contribution in [3.63, 3.8) is 0 Å². The third-order valence-corrected chi connectivity index (χ3v) is 3.42. The zero-order valence-corrected chi connectivity index (χ0v) is 13.8. The average molecular weight is 327 g/mol. The number of ether oxygens (including phenoxy) is 2. The maximum absolute atomic E-state index is 11.6. The van der Waals surface area contributed by atoms with Crippen molar-refractivity contribution in [2.75, 3.05) is 13.7 Å². The van der Waals surface area contributed by atoms with E-state index in [1.54, 1.807) is 19.9 Å². The minimum Gasteiger partial charge on any atom is -0.507 e. The molecule has 120 valence electrons. The van der Waals surface area contributed by atoms with E-state index < -0.39 is 11.8 Å². The first-order chi connectivity index (χ1) is 10.3. The highest BCUT2D eigenvalue weighted by atomic mass is 35.5. The normalized spacial score (nSPS) is 11.2. The van der Waals surface area contributed by atoms with Crippen LogP contribution in [0, 0.1) is 13.8 Å². The monoisotopic (exact) mass is 326 g/mol. The number of hydrogen-bond acceptors (Lipinski definition) is 5. The van der Waals surface area contributed by atoms with Gasteiger partial charge in [-0.05, 0) is 37.5 Å². The lowest BCUT2D eigenvalue weighted by atomic mass is 10.0. The van der Waals surface area contributed by atoms with Crippen LogP contribution in [0.3, 0.4) is 0 Å². The van der Waals surface area contributed by atoms with Crippen LogP contribution >= 0.6 is 11.6 Å². The molecule has 0 fully saturated rings. The molecule has 0 aromatic heterocycles. The number of hydrogen-bond donors (Lipinski definition) is 1. The molecule has 0 unspecified atom stereocenters. The van der Waals surface area contributed by atoms with Gasteiger partial charge in [0, 0.05) is 11.1 Å². The predicted octanol–water partition coefficient (Wildman–Crippen LogP) is 3.39. The van der Waals surface area contributed by atoms with E-state index >= 15 is 0 Å². The van der Waals surface area contributed by atoms with Crippen molar-refractivity contribution in [1.82, 2.24) is 0 Å². The number of benzene rings is 1. The van der Waals surface area contributed by atoms with Crippen LogP contribution in [-0.2, 0) is 14.3 Å². The van der Waals surface area contributed by atoms with Gasteiger partial charge in [0.05, 0.1) is 19.3 Å². The summed E-state index contributed by atoms with van der Waals surface area (Å²) in [4.78, 5) is 22.7. The Kier molecular flexibility index (Phi) is 6.43. The van der Waals surface area contributed by atoms with Crippen molar-refractivity contribution in [2.45, 2.75) is 27.2 Å². The second-order valence-corrected chi connectivity index (χ2v) is 5.15. The first-order valence-electron chi connectivity index (χ1n) is 6.79. The molecule has 0 saturated carbocycles. The van der Waals surface area contributed by atoms with Gasteiger partial charge in [0.2, 0.25) is 0 Å². The fourth-order valence-electron chi connectivity index (χ4n) is 1.91. The predicted molar refractivity (Wildman–Crippen MR) is 84.3 cm³/mol. The van der Waals surface area contributed by atoms with E-state index in [4.69, 9.17) is 16.3 Å². The molecule has 1 aromatic carbocycles. The summed E-state index contributed by atoms with van der Waals surface area (Å²) in [7, 11) is 1.09. The molecule has 0 atom stereocenters. The van der Waals surface area contributed by atoms with Crippen LogP contribution in [0.4, 0.5) is 0 Å². The number of aliphatic hydroxyl groups is 1. The summed E-state index contributed by atoms with van der Waals surface area (Å²) < 4.78 is 9.98. The highest BCUT2D eigenvalue weighted by Crippen LogP contribution is 2.36. The first-order valence-corrected chi connectivity index (χ1v) is 7.17. The number of esters is 1. The minimum absolute atomic E-state index is 0.302. The quantitative estimate of drug-likeness (QED) is 0.375. The largest absolute Gasteiger partial charge is 0.507 e. The molecule has 22 heavy (non-hydrogen) atoms. The zero-order chi connectivity index (χ0) is 16.9. The van der Waals surface area contributed by atoms with Crippen molar-refractivity contribution in [1.29, 1.82) is 0 Å². The van der Waals surface area contributed by atoms with Crippen molar-refractivity contribution in [3.8, 4) is 5.75 Å². The Morgan fingerprint density at radius 1 is 1.36 bits per heavy atom. The van der Waals surface area contributed by atoms with Crippen LogP contribution < -0.4 is 4.74 Å². The van der Waals surface area contributed by atoms with Crippen LogP contribution in [0.1, 0.15) is 30.0 Å². The molecule has 0 spiro atoms. The smallest absolute Gasteiger partial charge is 0.378 e. The van der Waals surface area contributed by atoms with Gasteiger partial charge < -0.3 is 14.6 Å². The van der Waals surface area contributed by atoms with Gasteiger partial charge in [-0.25, -0.2) is 4.79 Å². The number of carbonyl (C=O) groups is 2. The molecule has 0 amide bonds. The zero-order valence-electron chi connectivity index (χ0n) is 13.0. The van der Waals surface area contributed by atoms with Crippen LogP contribution in [0.15, 0.2) is 12.1 Å². The second kappa shape index (κ2) is 7.84. The van der Waals surface area contributed by atoms with Crippen LogP contribution in [0.25, 0.3) is 5.76 Å². The van der Waals surface area contributed by atoms with Gasteiger partial charge in [0.15, 0.2) is 0 Å². The van der Waals surface area contributed by atoms with Gasteiger partial charge in [-0.3, -0.25) is 4.79 Å². The van der Waals surface area contributed by atoms with Crippen LogP contribution in [-0.4, -0.2) is 30.6 Å². The number of methoxy groups -OCH3 is 1. The van der Waals surface area contributed by atoms with E-state index in [1.165, 1.54) is 0 Å². The van der Waals surface area contributed by atoms with Gasteiger partial charge in [0.1, 0.15) is 11.5 Å². The van der Waals surface area contributed by atoms with Gasteiger partial charge in [-0.15, -0.1) is 0 Å². The lowest BCUT2D eigenvalue weighted by molar-refractivity contribution is -0.149. The molecule has 0 aliphatic heterocycles. The van der Waals surface area contributed by atoms with Crippen molar-refractivity contribution >= 4 is 29.1 Å². The molecule has 6 heteroatoms. The van der Waals surface area contributed by atoms with Gasteiger partial charge in [0.25, 0.3) is 5.78 Å². The summed E-state index contributed by atoms with van der Waals surface area (Å²) >= 11 is 6.13. The Morgan fingerprint density at radius 3 is 2.55 bits per heavy atom. The van der Waals surface area contributed by atoms with E-state index in [9.17, 15) is 14.7 Å². The molecule has 5 nitrogen and oxygen atoms in total. The summed E-state index contributed by atoms with van der Waals surface area (Å²) in [6.07, 6.45) is 1.59. The molecule has 0 aliphatic rings. The molecular weight excluding hydrogens is 308 g/mol. The van der Waals surface area contributed by atoms with Gasteiger partial charge in [-0.1, -0.05) is 18.5 Å². The molecule has 1 rings (SSSR count). The fourth-order valence-corrected chi connectivity index (χ4v) is 2.16. The molecule has 0 bridgehead atoms. The van der Waals surface area contributed by atoms with Crippen molar-refractivity contribution in [3.05, 3.63) is 33.9 Å². The number of aliphatic hydroxyl groups excluding tert-OH is 1. The van der Waals surface area contributed by atoms with Crippen LogP contribution in [0.5, 0.6) is 5.75 Å². The lowest BCUT2D eigenvalue weighted by Gasteiger charge is -2.17. The third kappa shape index (κ3) is 4.01. The average Bonchev–Trinajstić information content (AvgIpc) is 2.48. The molecule has 0 saturated heterocycles. The molecule has 1 aromatic rings. The third-order valence-electron chi connectivity index (χ3n) is 3.02. The molecule has 0 radical (unpaired) electrons. The molecular formula is C16H19ClO5. The minimum atomic E-state index is -1.06. The molecule has 1 N–H and O–H groups in total. The first kappa shape index (κ1) is 18.0. The highest BCUT2D eigenvalue weighted by molar-refractivity contribution is 6.39. The van der Waals surface area contributed by atoms with E-state index in [2.05, 4.69) is 4.74 Å². The van der Waals surface area contributed by atoms with E-state index in [1.807, 2.05) is 6.92 Å². The number of halogens is 1. The maximum atomic E-state index is 11.6. The topological polar surface area (TPSA) is 72.8 Å². The van der Waals surface area contributed by atoms with Gasteiger partial charge >= 0.3 is 5.97 Å². The number of carbonyl (C=O) groups excluding carboxylic acids is 2. The Bertz CT molecular complexity index is 619. The maximum Gasteiger partial charge on any atom is 0.378 e. The molecule has 0 heterocycles. The summed E-state index contributed by atoms with van der Waals surface area (Å²) in [5.74, 6) is -1.96. The molecule has 0 aliphatic carbocycles. The standard InChI is InChI=1S/C16H19ClO5/c1-5-6-22-15-9(2)7-11(17)10(3)14(15)12(18)8-13(19)16(20)21-4/h7-8,18H,5-6H2,1-4H3/b12-8-. The van der Waals surface area contributed by atoms with E-state index in [-0.39, 0.29) is 5.76 Å². The van der Waals surface area contributed by atoms with Crippen molar-refractivity contribution in [2.24, 2.45) is 0 Å². The number of ketones is 1. The Labute approximate surface area is 134 Å². The Balaban J connectivity index is 3.40.